The minimum absolute atomic E-state index is 0.0756. The molecule has 2 rings (SSSR count). The number of hydrogen-bond acceptors (Lipinski definition) is 1. The van der Waals surface area contributed by atoms with Gasteiger partial charge in [-0.25, -0.2) is 0 Å². The van der Waals surface area contributed by atoms with Gasteiger partial charge in [-0.05, 0) is 43.2 Å². The molecule has 1 aromatic rings. The fraction of sp³-hybridized carbons (Fsp3) is 0.538. The molecule has 1 aromatic carbocycles. The molecular formula is C13H18O. The zero-order valence-corrected chi connectivity index (χ0v) is 8.74. The number of benzene rings is 1. The Morgan fingerprint density at radius 3 is 2.71 bits per heavy atom. The van der Waals surface area contributed by atoms with Crippen molar-refractivity contribution in [1.29, 1.82) is 0 Å². The van der Waals surface area contributed by atoms with Crippen LogP contribution in [-0.2, 0) is 0 Å². The molecule has 1 heteroatoms. The molecule has 0 spiro atoms. The number of aliphatic hydroxyl groups is 1. The molecule has 1 fully saturated rings. The molecule has 1 nitrogen and oxygen atoms in total. The lowest BCUT2D eigenvalue weighted by Gasteiger charge is -2.27. The van der Waals surface area contributed by atoms with Gasteiger partial charge in [0, 0.05) is 0 Å². The molecule has 1 saturated carbocycles. The van der Waals surface area contributed by atoms with E-state index in [-0.39, 0.29) is 6.10 Å². The highest BCUT2D eigenvalue weighted by atomic mass is 16.3. The maximum atomic E-state index is 9.63. The predicted molar refractivity (Wildman–Crippen MR) is 58.4 cm³/mol. The minimum atomic E-state index is -0.0756. The van der Waals surface area contributed by atoms with Crippen LogP contribution in [0.2, 0.25) is 0 Å². The van der Waals surface area contributed by atoms with Gasteiger partial charge in [0.2, 0.25) is 0 Å². The SMILES string of the molecule is Cc1ccccc1C1CCC[C@@H](O)C1. The van der Waals surface area contributed by atoms with E-state index in [1.807, 2.05) is 0 Å². The summed E-state index contributed by atoms with van der Waals surface area (Å²) >= 11 is 0. The molecule has 1 aliphatic carbocycles. The minimum Gasteiger partial charge on any atom is -0.393 e. The Bertz CT molecular complexity index is 306. The zero-order valence-electron chi connectivity index (χ0n) is 8.74. The van der Waals surface area contributed by atoms with E-state index < -0.39 is 0 Å². The van der Waals surface area contributed by atoms with Crippen LogP contribution < -0.4 is 0 Å². The van der Waals surface area contributed by atoms with Crippen molar-refractivity contribution in [2.45, 2.75) is 44.6 Å². The van der Waals surface area contributed by atoms with E-state index in [9.17, 15) is 5.11 Å². The summed E-state index contributed by atoms with van der Waals surface area (Å²) in [4.78, 5) is 0. The van der Waals surface area contributed by atoms with Gasteiger partial charge >= 0.3 is 0 Å². The first kappa shape index (κ1) is 9.72. The van der Waals surface area contributed by atoms with E-state index >= 15 is 0 Å². The highest BCUT2D eigenvalue weighted by molar-refractivity contribution is 5.29. The monoisotopic (exact) mass is 190 g/mol. The second-order valence-electron chi connectivity index (χ2n) is 4.37. The van der Waals surface area contributed by atoms with Crippen LogP contribution in [0.3, 0.4) is 0 Å². The molecule has 0 aromatic heterocycles. The van der Waals surface area contributed by atoms with Gasteiger partial charge in [0.25, 0.3) is 0 Å². The molecule has 0 saturated heterocycles. The Hall–Kier alpha value is -0.820. The van der Waals surface area contributed by atoms with E-state index in [0.29, 0.717) is 5.92 Å². The first-order valence-corrected chi connectivity index (χ1v) is 5.51. The van der Waals surface area contributed by atoms with Gasteiger partial charge in [-0.1, -0.05) is 30.7 Å². The largest absolute Gasteiger partial charge is 0.393 e. The Labute approximate surface area is 85.8 Å². The van der Waals surface area contributed by atoms with Gasteiger partial charge in [0.15, 0.2) is 0 Å². The van der Waals surface area contributed by atoms with Gasteiger partial charge in [0.1, 0.15) is 0 Å². The summed E-state index contributed by atoms with van der Waals surface area (Å²) in [6, 6.07) is 8.55. The average molecular weight is 190 g/mol. The van der Waals surface area contributed by atoms with E-state index in [0.717, 1.165) is 12.8 Å². The van der Waals surface area contributed by atoms with E-state index in [1.54, 1.807) is 0 Å². The Kier molecular flexibility index (Phi) is 2.87. The highest BCUT2D eigenvalue weighted by Gasteiger charge is 2.22. The Balaban J connectivity index is 2.18. The Morgan fingerprint density at radius 2 is 2.00 bits per heavy atom. The molecule has 1 aliphatic rings. The van der Waals surface area contributed by atoms with Crippen LogP contribution in [-0.4, -0.2) is 11.2 Å². The van der Waals surface area contributed by atoms with Crippen molar-refractivity contribution < 1.29 is 5.11 Å². The van der Waals surface area contributed by atoms with Gasteiger partial charge < -0.3 is 5.11 Å². The van der Waals surface area contributed by atoms with E-state index in [4.69, 9.17) is 0 Å². The summed E-state index contributed by atoms with van der Waals surface area (Å²) in [5.41, 5.74) is 2.80. The van der Waals surface area contributed by atoms with E-state index in [1.165, 1.54) is 24.0 Å². The molecule has 2 atom stereocenters. The number of aliphatic hydroxyl groups excluding tert-OH is 1. The number of rotatable bonds is 1. The van der Waals surface area contributed by atoms with Crippen LogP contribution in [0.4, 0.5) is 0 Å². The van der Waals surface area contributed by atoms with Crippen molar-refractivity contribution in [1.82, 2.24) is 0 Å². The van der Waals surface area contributed by atoms with Crippen molar-refractivity contribution in [2.24, 2.45) is 0 Å². The van der Waals surface area contributed by atoms with Gasteiger partial charge in [-0.2, -0.15) is 0 Å². The average Bonchev–Trinajstić information content (AvgIpc) is 2.18. The maximum Gasteiger partial charge on any atom is 0.0546 e. The number of hydrogen-bond donors (Lipinski definition) is 1. The lowest BCUT2D eigenvalue weighted by Crippen LogP contribution is -2.18. The summed E-state index contributed by atoms with van der Waals surface area (Å²) in [5.74, 6) is 0.583. The zero-order chi connectivity index (χ0) is 9.97. The fourth-order valence-corrected chi connectivity index (χ4v) is 2.49. The molecule has 0 aliphatic heterocycles. The summed E-state index contributed by atoms with van der Waals surface area (Å²) < 4.78 is 0. The van der Waals surface area contributed by atoms with Crippen molar-refractivity contribution in [3.8, 4) is 0 Å². The molecule has 14 heavy (non-hydrogen) atoms. The summed E-state index contributed by atoms with van der Waals surface area (Å²) in [7, 11) is 0. The van der Waals surface area contributed by atoms with Crippen LogP contribution in [0.5, 0.6) is 0 Å². The topological polar surface area (TPSA) is 20.2 Å². The summed E-state index contributed by atoms with van der Waals surface area (Å²) in [6.45, 7) is 2.16. The van der Waals surface area contributed by atoms with Gasteiger partial charge in [-0.3, -0.25) is 0 Å². The normalized spacial score (nSPS) is 27.6. The lowest BCUT2D eigenvalue weighted by atomic mass is 9.81. The molecule has 0 radical (unpaired) electrons. The molecule has 1 N–H and O–H groups in total. The quantitative estimate of drug-likeness (QED) is 0.721. The Morgan fingerprint density at radius 1 is 1.21 bits per heavy atom. The summed E-state index contributed by atoms with van der Waals surface area (Å²) in [5, 5.41) is 9.63. The molecule has 0 heterocycles. The van der Waals surface area contributed by atoms with Crippen molar-refractivity contribution in [3.63, 3.8) is 0 Å². The van der Waals surface area contributed by atoms with Crippen molar-refractivity contribution in [2.75, 3.05) is 0 Å². The fourth-order valence-electron chi connectivity index (χ4n) is 2.49. The third-order valence-electron chi connectivity index (χ3n) is 3.27. The molecular weight excluding hydrogens is 172 g/mol. The van der Waals surface area contributed by atoms with Gasteiger partial charge in [-0.15, -0.1) is 0 Å². The first-order chi connectivity index (χ1) is 6.77. The standard InChI is InChI=1S/C13H18O/c1-10-5-2-3-8-13(10)11-6-4-7-12(14)9-11/h2-3,5,8,11-12,14H,4,6-7,9H2,1H3/t11?,12-/m1/s1. The van der Waals surface area contributed by atoms with Crippen LogP contribution in [0.15, 0.2) is 24.3 Å². The van der Waals surface area contributed by atoms with Crippen molar-refractivity contribution >= 4 is 0 Å². The third kappa shape index (κ3) is 1.98. The second kappa shape index (κ2) is 4.14. The third-order valence-corrected chi connectivity index (χ3v) is 3.27. The molecule has 1 unspecified atom stereocenters. The molecule has 76 valence electrons. The van der Waals surface area contributed by atoms with Gasteiger partial charge in [0.05, 0.1) is 6.10 Å². The van der Waals surface area contributed by atoms with Crippen LogP contribution in [0.1, 0.15) is 42.7 Å². The van der Waals surface area contributed by atoms with Crippen LogP contribution >= 0.6 is 0 Å². The van der Waals surface area contributed by atoms with Crippen molar-refractivity contribution in [3.05, 3.63) is 35.4 Å². The summed E-state index contributed by atoms with van der Waals surface area (Å²) in [6.07, 6.45) is 4.27. The number of aryl methyl sites for hydroxylation is 1. The second-order valence-corrected chi connectivity index (χ2v) is 4.37. The maximum absolute atomic E-state index is 9.63. The van der Waals surface area contributed by atoms with Crippen LogP contribution in [0, 0.1) is 6.92 Å². The molecule has 0 bridgehead atoms. The molecule has 0 amide bonds. The lowest BCUT2D eigenvalue weighted by molar-refractivity contribution is 0.119. The van der Waals surface area contributed by atoms with E-state index in [2.05, 4.69) is 31.2 Å². The first-order valence-electron chi connectivity index (χ1n) is 5.51. The smallest absolute Gasteiger partial charge is 0.0546 e. The van der Waals surface area contributed by atoms with Crippen LogP contribution in [0.25, 0.3) is 0 Å². The predicted octanol–water partition coefficient (Wildman–Crippen LogP) is 3.01. The highest BCUT2D eigenvalue weighted by Crippen LogP contribution is 2.34.